The van der Waals surface area contributed by atoms with Crippen molar-refractivity contribution in [2.75, 3.05) is 13.6 Å². The Labute approximate surface area is 130 Å². The third kappa shape index (κ3) is 4.67. The van der Waals surface area contributed by atoms with Crippen molar-refractivity contribution < 1.29 is 0 Å². The fraction of sp³-hybridized carbons (Fsp3) is 0.632. The minimum absolute atomic E-state index is 0.426. The summed E-state index contributed by atoms with van der Waals surface area (Å²) in [5.41, 5.74) is 4.36. The van der Waals surface area contributed by atoms with E-state index in [1.165, 1.54) is 36.2 Å². The zero-order valence-corrected chi connectivity index (χ0v) is 14.3. The first-order chi connectivity index (χ1) is 9.87. The highest BCUT2D eigenvalue weighted by molar-refractivity contribution is 5.65. The molecule has 116 valence electrons. The van der Waals surface area contributed by atoms with E-state index in [-0.39, 0.29) is 0 Å². The van der Waals surface area contributed by atoms with Gasteiger partial charge in [0.25, 0.3) is 0 Å². The number of hydrogen-bond acceptors (Lipinski definition) is 2. The molecule has 0 N–H and O–H groups in total. The van der Waals surface area contributed by atoms with Crippen LogP contribution in [-0.2, 0) is 0 Å². The predicted molar refractivity (Wildman–Crippen MR) is 91.3 cm³/mol. The largest absolute Gasteiger partial charge is 0.303 e. The van der Waals surface area contributed by atoms with Gasteiger partial charge in [0, 0.05) is 12.2 Å². The van der Waals surface area contributed by atoms with Crippen molar-refractivity contribution in [1.29, 1.82) is 0 Å². The Kier molecular flexibility index (Phi) is 5.21. The number of rotatable bonds is 4. The molecular formula is C19H30N2. The van der Waals surface area contributed by atoms with Gasteiger partial charge in [0.15, 0.2) is 0 Å². The van der Waals surface area contributed by atoms with E-state index in [4.69, 9.17) is 0 Å². The van der Waals surface area contributed by atoms with Gasteiger partial charge in [0.2, 0.25) is 0 Å². The molecule has 0 spiro atoms. The van der Waals surface area contributed by atoms with Crippen molar-refractivity contribution >= 4 is 5.57 Å². The number of nitrogens with zero attached hydrogens (tertiary/aromatic N) is 2. The van der Waals surface area contributed by atoms with Crippen LogP contribution in [0.15, 0.2) is 24.4 Å². The molecule has 0 aliphatic heterocycles. The summed E-state index contributed by atoms with van der Waals surface area (Å²) in [6.45, 7) is 10.3. The Bertz CT molecular complexity index is 497. The molecule has 2 rings (SSSR count). The zero-order chi connectivity index (χ0) is 15.5. The van der Waals surface area contributed by atoms with Crippen molar-refractivity contribution in [2.45, 2.75) is 59.4 Å². The predicted octanol–water partition coefficient (Wildman–Crippen LogP) is 4.69. The van der Waals surface area contributed by atoms with Crippen molar-refractivity contribution in [1.82, 2.24) is 9.88 Å². The molecule has 2 nitrogen and oxygen atoms in total. The summed E-state index contributed by atoms with van der Waals surface area (Å²) < 4.78 is 0. The summed E-state index contributed by atoms with van der Waals surface area (Å²) in [7, 11) is 2.28. The summed E-state index contributed by atoms with van der Waals surface area (Å²) in [6, 6.07) is 4.87. The Balaban J connectivity index is 1.94. The summed E-state index contributed by atoms with van der Waals surface area (Å²) >= 11 is 0. The molecule has 0 saturated heterocycles. The van der Waals surface area contributed by atoms with Gasteiger partial charge >= 0.3 is 0 Å². The normalized spacial score (nSPS) is 19.7. The number of allylic oxidation sites excluding steroid dienone is 1. The smallest absolute Gasteiger partial charge is 0.0687 e. The second-order valence-corrected chi connectivity index (χ2v) is 7.62. The van der Waals surface area contributed by atoms with E-state index >= 15 is 0 Å². The molecule has 1 aliphatic rings. The van der Waals surface area contributed by atoms with Gasteiger partial charge in [-0.2, -0.15) is 0 Å². The van der Waals surface area contributed by atoms with Crippen LogP contribution in [0.2, 0.25) is 0 Å². The van der Waals surface area contributed by atoms with Crippen LogP contribution in [0.4, 0.5) is 0 Å². The highest BCUT2D eigenvalue weighted by Crippen LogP contribution is 2.30. The number of pyridine rings is 1. The fourth-order valence-corrected chi connectivity index (χ4v) is 2.95. The van der Waals surface area contributed by atoms with Gasteiger partial charge in [-0.15, -0.1) is 0 Å². The summed E-state index contributed by atoms with van der Waals surface area (Å²) in [4.78, 5) is 7.10. The third-order valence-electron chi connectivity index (χ3n) is 4.53. The van der Waals surface area contributed by atoms with Crippen LogP contribution in [0.25, 0.3) is 5.57 Å². The third-order valence-corrected chi connectivity index (χ3v) is 4.53. The SMILES string of the molecule is Cc1cccnc1C1=CCC(N(C)CCC(C)(C)C)CC1. The van der Waals surface area contributed by atoms with E-state index in [1.54, 1.807) is 0 Å². The molecule has 0 amide bonds. The van der Waals surface area contributed by atoms with Gasteiger partial charge < -0.3 is 4.90 Å². The van der Waals surface area contributed by atoms with Gasteiger partial charge in [-0.25, -0.2) is 0 Å². The van der Waals surface area contributed by atoms with Crippen molar-refractivity contribution in [3.63, 3.8) is 0 Å². The fourth-order valence-electron chi connectivity index (χ4n) is 2.95. The van der Waals surface area contributed by atoms with Crippen LogP contribution in [0.1, 0.15) is 57.7 Å². The van der Waals surface area contributed by atoms with Crippen molar-refractivity contribution in [3.8, 4) is 0 Å². The Hall–Kier alpha value is -1.15. The molecule has 0 bridgehead atoms. The minimum Gasteiger partial charge on any atom is -0.303 e. The summed E-state index contributed by atoms with van der Waals surface area (Å²) in [6.07, 6.45) is 9.15. The molecule has 2 heteroatoms. The van der Waals surface area contributed by atoms with Gasteiger partial charge in [-0.05, 0) is 68.8 Å². The van der Waals surface area contributed by atoms with E-state index in [0.29, 0.717) is 11.5 Å². The van der Waals surface area contributed by atoms with Gasteiger partial charge in [0.1, 0.15) is 0 Å². The van der Waals surface area contributed by atoms with Crippen molar-refractivity contribution in [3.05, 3.63) is 35.7 Å². The van der Waals surface area contributed by atoms with Gasteiger partial charge in [-0.3, -0.25) is 4.98 Å². The van der Waals surface area contributed by atoms with Crippen LogP contribution in [0, 0.1) is 12.3 Å². The topological polar surface area (TPSA) is 16.1 Å². The average molecular weight is 286 g/mol. The van der Waals surface area contributed by atoms with E-state index < -0.39 is 0 Å². The minimum atomic E-state index is 0.426. The lowest BCUT2D eigenvalue weighted by Crippen LogP contribution is -2.35. The van der Waals surface area contributed by atoms with E-state index in [1.807, 2.05) is 12.3 Å². The van der Waals surface area contributed by atoms with E-state index in [9.17, 15) is 0 Å². The van der Waals surface area contributed by atoms with Crippen LogP contribution >= 0.6 is 0 Å². The lowest BCUT2D eigenvalue weighted by atomic mass is 9.89. The molecule has 1 unspecified atom stereocenters. The molecule has 0 fully saturated rings. The van der Waals surface area contributed by atoms with E-state index in [2.05, 4.69) is 56.8 Å². The summed E-state index contributed by atoms with van der Waals surface area (Å²) in [5.74, 6) is 0. The highest BCUT2D eigenvalue weighted by Gasteiger charge is 2.21. The molecule has 0 radical (unpaired) electrons. The van der Waals surface area contributed by atoms with Gasteiger partial charge in [0.05, 0.1) is 5.69 Å². The average Bonchev–Trinajstić information content (AvgIpc) is 2.45. The quantitative estimate of drug-likeness (QED) is 0.798. The second-order valence-electron chi connectivity index (χ2n) is 7.62. The molecule has 1 heterocycles. The van der Waals surface area contributed by atoms with Crippen LogP contribution in [0.3, 0.4) is 0 Å². The maximum atomic E-state index is 4.56. The molecule has 1 aromatic rings. The number of aromatic nitrogens is 1. The molecule has 0 saturated carbocycles. The first-order valence-electron chi connectivity index (χ1n) is 8.18. The van der Waals surface area contributed by atoms with Crippen LogP contribution in [-0.4, -0.2) is 29.5 Å². The number of aryl methyl sites for hydroxylation is 1. The Morgan fingerprint density at radius 2 is 2.10 bits per heavy atom. The van der Waals surface area contributed by atoms with Crippen LogP contribution in [0.5, 0.6) is 0 Å². The van der Waals surface area contributed by atoms with Gasteiger partial charge in [-0.1, -0.05) is 32.9 Å². The van der Waals surface area contributed by atoms with Crippen molar-refractivity contribution in [2.24, 2.45) is 5.41 Å². The molecule has 21 heavy (non-hydrogen) atoms. The monoisotopic (exact) mass is 286 g/mol. The molecule has 1 aliphatic carbocycles. The molecule has 0 aromatic carbocycles. The zero-order valence-electron chi connectivity index (χ0n) is 14.3. The lowest BCUT2D eigenvalue weighted by Gasteiger charge is -2.32. The standard InChI is InChI=1S/C19H30N2/c1-15-7-6-13-20-18(15)16-8-10-17(11-9-16)21(5)14-12-19(2,3)4/h6-8,13,17H,9-12,14H2,1-5H3. The second kappa shape index (κ2) is 6.74. The maximum absolute atomic E-state index is 4.56. The van der Waals surface area contributed by atoms with E-state index in [0.717, 1.165) is 12.8 Å². The Morgan fingerprint density at radius 1 is 1.33 bits per heavy atom. The van der Waals surface area contributed by atoms with Crippen LogP contribution < -0.4 is 0 Å². The summed E-state index contributed by atoms with van der Waals surface area (Å²) in [5, 5.41) is 0. The highest BCUT2D eigenvalue weighted by atomic mass is 15.1. The molecule has 1 aromatic heterocycles. The number of hydrogen-bond donors (Lipinski definition) is 0. The molecular weight excluding hydrogens is 256 g/mol. The lowest BCUT2D eigenvalue weighted by molar-refractivity contribution is 0.196. The maximum Gasteiger partial charge on any atom is 0.0687 e. The molecule has 1 atom stereocenters. The first-order valence-corrected chi connectivity index (χ1v) is 8.18. The Morgan fingerprint density at radius 3 is 2.67 bits per heavy atom. The first kappa shape index (κ1) is 16.2.